The van der Waals surface area contributed by atoms with Crippen LogP contribution in [0, 0.1) is 0 Å². The Morgan fingerprint density at radius 1 is 1.03 bits per heavy atom. The predicted molar refractivity (Wildman–Crippen MR) is 138 cm³/mol. The van der Waals surface area contributed by atoms with Gasteiger partial charge in [0.2, 0.25) is 5.95 Å². The van der Waals surface area contributed by atoms with Gasteiger partial charge in [-0.3, -0.25) is 0 Å². The fourth-order valence-electron chi connectivity index (χ4n) is 4.17. The van der Waals surface area contributed by atoms with E-state index in [1.165, 1.54) is 18.9 Å². The number of benzene rings is 1. The first-order valence-corrected chi connectivity index (χ1v) is 12.1. The van der Waals surface area contributed by atoms with Gasteiger partial charge in [-0.25, -0.2) is 19.9 Å². The Kier molecular flexibility index (Phi) is 12.0. The first-order valence-electron chi connectivity index (χ1n) is 12.1. The van der Waals surface area contributed by atoms with Crippen molar-refractivity contribution >= 4 is 18.4 Å². The van der Waals surface area contributed by atoms with E-state index in [0.29, 0.717) is 18.8 Å². The van der Waals surface area contributed by atoms with E-state index >= 15 is 0 Å². The second-order valence-electron chi connectivity index (χ2n) is 8.17. The van der Waals surface area contributed by atoms with Crippen molar-refractivity contribution in [3.8, 4) is 0 Å². The molecule has 0 spiro atoms. The van der Waals surface area contributed by atoms with Gasteiger partial charge in [0.05, 0.1) is 11.3 Å². The Bertz CT molecular complexity index is 1090. The number of hydrogen-bond acceptors (Lipinski definition) is 8. The number of nitrogens with two attached hydrogens (primary N) is 1. The second-order valence-corrected chi connectivity index (χ2v) is 8.17. The number of aromatic nitrogens is 4. The quantitative estimate of drug-likeness (QED) is 0.426. The number of alkyl halides is 3. The summed E-state index contributed by atoms with van der Waals surface area (Å²) in [7, 11) is 1.50. The number of rotatable bonds is 7. The first-order chi connectivity index (χ1) is 17.9. The number of carbonyl (C=O) groups excluding carboxylic acids is 1. The molecule has 8 nitrogen and oxygen atoms in total. The maximum Gasteiger partial charge on any atom is 0.419 e. The van der Waals surface area contributed by atoms with Crippen molar-refractivity contribution in [1.82, 2.24) is 25.3 Å². The van der Waals surface area contributed by atoms with E-state index < -0.39 is 11.7 Å². The Hall–Kier alpha value is -3.44. The van der Waals surface area contributed by atoms with Gasteiger partial charge >= 0.3 is 6.18 Å². The van der Waals surface area contributed by atoms with Crippen LogP contribution >= 0.6 is 0 Å². The van der Waals surface area contributed by atoms with Gasteiger partial charge in [-0.1, -0.05) is 19.1 Å². The maximum absolute atomic E-state index is 13.6. The molecule has 0 atom stereocenters. The second kappa shape index (κ2) is 15.0. The van der Waals surface area contributed by atoms with E-state index in [0.717, 1.165) is 49.1 Å². The molecule has 0 unspecified atom stereocenters. The average molecular weight is 518 g/mol. The molecule has 1 aliphatic rings. The lowest BCUT2D eigenvalue weighted by Crippen LogP contribution is -2.26. The average Bonchev–Trinajstić information content (AvgIpc) is 2.94. The molecule has 3 heterocycles. The molecule has 0 saturated carbocycles. The third kappa shape index (κ3) is 8.57. The topological polar surface area (TPSA) is 119 Å². The van der Waals surface area contributed by atoms with Crippen LogP contribution in [0.25, 0.3) is 0 Å². The van der Waals surface area contributed by atoms with Gasteiger partial charge in [0.15, 0.2) is 0 Å². The molecule has 0 bridgehead atoms. The third-order valence-corrected chi connectivity index (χ3v) is 6.01. The van der Waals surface area contributed by atoms with Crippen LogP contribution in [0.1, 0.15) is 53.8 Å². The highest BCUT2D eigenvalue weighted by Gasteiger charge is 2.35. The molecule has 1 aliphatic heterocycles. The maximum atomic E-state index is 13.6. The summed E-state index contributed by atoms with van der Waals surface area (Å²) in [5, 5.41) is 6.41. The molecular formula is C26H34F3N7O. The fourth-order valence-corrected chi connectivity index (χ4v) is 4.17. The highest BCUT2D eigenvalue weighted by molar-refractivity contribution is 5.54. The van der Waals surface area contributed by atoms with Crippen LogP contribution in [0.2, 0.25) is 0 Å². The smallest absolute Gasteiger partial charge is 0.333 e. The molecule has 1 saturated heterocycles. The van der Waals surface area contributed by atoms with Gasteiger partial charge in [-0.2, -0.15) is 13.2 Å². The van der Waals surface area contributed by atoms with Crippen LogP contribution in [-0.2, 0) is 30.2 Å². The van der Waals surface area contributed by atoms with Gasteiger partial charge in [0.1, 0.15) is 13.1 Å². The molecule has 0 radical (unpaired) electrons. The van der Waals surface area contributed by atoms with Crippen LogP contribution < -0.4 is 16.4 Å². The van der Waals surface area contributed by atoms with Crippen molar-refractivity contribution in [3.05, 3.63) is 71.1 Å². The predicted octanol–water partition coefficient (Wildman–Crippen LogP) is 4.23. The van der Waals surface area contributed by atoms with E-state index in [1.807, 2.05) is 25.8 Å². The Balaban J connectivity index is 0.00000115. The largest absolute Gasteiger partial charge is 0.419 e. The van der Waals surface area contributed by atoms with E-state index in [9.17, 15) is 13.2 Å². The lowest BCUT2D eigenvalue weighted by molar-refractivity contribution is -0.138. The van der Waals surface area contributed by atoms with Gasteiger partial charge in [0, 0.05) is 23.8 Å². The zero-order valence-corrected chi connectivity index (χ0v) is 21.2. The molecule has 0 amide bonds. The van der Waals surface area contributed by atoms with Crippen LogP contribution in [-0.4, -0.2) is 46.9 Å². The van der Waals surface area contributed by atoms with E-state index in [4.69, 9.17) is 4.79 Å². The van der Waals surface area contributed by atoms with Crippen molar-refractivity contribution < 1.29 is 18.0 Å². The number of hydrogen-bond donors (Lipinski definition) is 3. The number of halogens is 3. The minimum absolute atomic E-state index is 0.0491. The first kappa shape index (κ1) is 29.8. The minimum Gasteiger partial charge on any atom is -0.333 e. The number of carbonyl (C=O) groups is 1. The van der Waals surface area contributed by atoms with Gasteiger partial charge < -0.3 is 21.2 Å². The van der Waals surface area contributed by atoms with Crippen LogP contribution in [0.5, 0.6) is 0 Å². The number of aryl methyl sites for hydroxylation is 3. The van der Waals surface area contributed by atoms with Crippen LogP contribution in [0.4, 0.5) is 24.8 Å². The summed E-state index contributed by atoms with van der Waals surface area (Å²) in [6.07, 6.45) is 2.81. The number of anilines is 2. The zero-order chi connectivity index (χ0) is 27.3. The summed E-state index contributed by atoms with van der Waals surface area (Å²) in [6.45, 7) is 6.00. The highest BCUT2D eigenvalue weighted by atomic mass is 19.4. The lowest BCUT2D eigenvalue weighted by atomic mass is 9.90. The summed E-state index contributed by atoms with van der Waals surface area (Å²) in [5.74, 6) is 0.676. The number of piperidine rings is 1. The molecule has 3 aromatic rings. The summed E-state index contributed by atoms with van der Waals surface area (Å²) in [4.78, 5) is 24.4. The summed E-state index contributed by atoms with van der Waals surface area (Å²) < 4.78 is 40.7. The zero-order valence-electron chi connectivity index (χ0n) is 21.2. The minimum atomic E-state index is -4.52. The van der Waals surface area contributed by atoms with Crippen LogP contribution in [0.15, 0.2) is 43.0 Å². The third-order valence-electron chi connectivity index (χ3n) is 6.01. The van der Waals surface area contributed by atoms with Crippen molar-refractivity contribution in [2.75, 3.05) is 25.5 Å². The molecule has 37 heavy (non-hydrogen) atoms. The van der Waals surface area contributed by atoms with Crippen molar-refractivity contribution in [2.24, 2.45) is 5.73 Å². The SMILES string of the molecule is C=O.CCc1cncnc1CCc1nc(Nc2ccc(C3CCNCC3)cc2)ncc1C(F)(F)F.CN. The van der Waals surface area contributed by atoms with E-state index in [2.05, 4.69) is 48.4 Å². The summed E-state index contributed by atoms with van der Waals surface area (Å²) in [5.41, 5.74) is 7.30. The Labute approximate surface area is 215 Å². The molecule has 0 aliphatic carbocycles. The molecular weight excluding hydrogens is 483 g/mol. The lowest BCUT2D eigenvalue weighted by Gasteiger charge is -2.23. The summed E-state index contributed by atoms with van der Waals surface area (Å²) >= 11 is 0. The molecule has 1 aromatic carbocycles. The van der Waals surface area contributed by atoms with E-state index in [1.54, 1.807) is 6.20 Å². The molecule has 11 heteroatoms. The normalized spacial score (nSPS) is 13.6. The van der Waals surface area contributed by atoms with Gasteiger partial charge in [0.25, 0.3) is 0 Å². The van der Waals surface area contributed by atoms with Gasteiger partial charge in [-0.05, 0) is 81.4 Å². The molecule has 4 rings (SSSR count). The Morgan fingerprint density at radius 3 is 2.30 bits per heavy atom. The van der Waals surface area contributed by atoms with Crippen molar-refractivity contribution in [1.29, 1.82) is 0 Å². The van der Waals surface area contributed by atoms with Gasteiger partial charge in [-0.15, -0.1) is 0 Å². The fraction of sp³-hybridized carbons (Fsp3) is 0.423. The number of nitrogens with zero attached hydrogens (tertiary/aromatic N) is 4. The van der Waals surface area contributed by atoms with E-state index in [-0.39, 0.29) is 18.1 Å². The van der Waals surface area contributed by atoms with Crippen LogP contribution in [0.3, 0.4) is 0 Å². The molecule has 200 valence electrons. The van der Waals surface area contributed by atoms with Crippen molar-refractivity contribution in [3.63, 3.8) is 0 Å². The highest BCUT2D eigenvalue weighted by Crippen LogP contribution is 2.32. The standard InChI is InChI=1S/C24H27F3N6.CH5N.CH2O/c1-2-16-13-29-15-31-21(16)7-8-22-20(24(25,26)27)14-30-23(33-22)32-19-5-3-17(4-6-19)18-9-11-28-12-10-18;2*1-2/h3-6,13-15,18,28H,2,7-12H2,1H3,(H,30,32,33);2H2,1H3;1H2. The molecule has 2 aromatic heterocycles. The molecule has 4 N–H and O–H groups in total. The number of nitrogens with one attached hydrogen (secondary N) is 2. The molecule has 1 fully saturated rings. The van der Waals surface area contributed by atoms with Crippen molar-refractivity contribution in [2.45, 2.75) is 51.1 Å². The Morgan fingerprint density at radius 2 is 1.68 bits per heavy atom. The monoisotopic (exact) mass is 517 g/mol. The summed E-state index contributed by atoms with van der Waals surface area (Å²) in [6, 6.07) is 7.97.